The fourth-order valence-electron chi connectivity index (χ4n) is 3.40. The van der Waals surface area contributed by atoms with Gasteiger partial charge in [0.2, 0.25) is 11.8 Å². The molecular weight excluding hydrogens is 372 g/mol. The van der Waals surface area contributed by atoms with Crippen molar-refractivity contribution in [3.63, 3.8) is 0 Å². The lowest BCUT2D eigenvalue weighted by molar-refractivity contribution is -0.144. The van der Waals surface area contributed by atoms with Crippen molar-refractivity contribution in [1.29, 1.82) is 0 Å². The maximum Gasteiger partial charge on any atom is 0.247 e. The molecule has 1 atom stereocenters. The second-order valence-electron chi connectivity index (χ2n) is 7.62. The van der Waals surface area contributed by atoms with Crippen molar-refractivity contribution in [3.05, 3.63) is 108 Å². The second kappa shape index (κ2) is 10.4. The molecule has 0 aliphatic rings. The molecule has 0 fully saturated rings. The number of amides is 2. The Kier molecular flexibility index (Phi) is 7.39. The van der Waals surface area contributed by atoms with Crippen molar-refractivity contribution < 1.29 is 9.59 Å². The van der Waals surface area contributed by atoms with Gasteiger partial charge in [-0.25, -0.2) is 0 Å². The predicted octanol–water partition coefficient (Wildman–Crippen LogP) is 4.73. The van der Waals surface area contributed by atoms with Gasteiger partial charge in [-0.15, -0.1) is 0 Å². The standard InChI is InChI=1S/C26H28N2O2/c1-20(2)26(30)28(19-22-14-8-4-9-15-22)24(23-16-10-5-11-17-23)25(29)27-18-21-12-6-3-7-13-21/h3-17,20,24H,18-19H2,1-2H3,(H,27,29)/t24-/m0/s1. The number of carbonyl (C=O) groups is 2. The van der Waals surface area contributed by atoms with Crippen LogP contribution in [0.25, 0.3) is 0 Å². The Morgan fingerprint density at radius 2 is 1.27 bits per heavy atom. The Labute approximate surface area is 178 Å². The van der Waals surface area contributed by atoms with Crippen LogP contribution in [0, 0.1) is 5.92 Å². The molecule has 4 nitrogen and oxygen atoms in total. The van der Waals surface area contributed by atoms with E-state index in [1.807, 2.05) is 105 Å². The van der Waals surface area contributed by atoms with E-state index in [1.54, 1.807) is 4.90 Å². The quantitative estimate of drug-likeness (QED) is 0.594. The highest BCUT2D eigenvalue weighted by atomic mass is 16.2. The fraction of sp³-hybridized carbons (Fsp3) is 0.231. The van der Waals surface area contributed by atoms with Crippen molar-refractivity contribution in [2.45, 2.75) is 33.0 Å². The van der Waals surface area contributed by atoms with Crippen molar-refractivity contribution in [1.82, 2.24) is 10.2 Å². The Balaban J connectivity index is 1.92. The van der Waals surface area contributed by atoms with Crippen LogP contribution in [-0.2, 0) is 22.7 Å². The smallest absolute Gasteiger partial charge is 0.247 e. The van der Waals surface area contributed by atoms with E-state index >= 15 is 0 Å². The molecule has 3 rings (SSSR count). The number of rotatable bonds is 8. The molecule has 0 spiro atoms. The predicted molar refractivity (Wildman–Crippen MR) is 119 cm³/mol. The molecule has 0 aliphatic carbocycles. The van der Waals surface area contributed by atoms with Crippen molar-refractivity contribution in [2.24, 2.45) is 5.92 Å². The van der Waals surface area contributed by atoms with Gasteiger partial charge in [0.25, 0.3) is 0 Å². The molecule has 0 heterocycles. The fourth-order valence-corrected chi connectivity index (χ4v) is 3.40. The maximum absolute atomic E-state index is 13.4. The minimum Gasteiger partial charge on any atom is -0.350 e. The van der Waals surface area contributed by atoms with E-state index in [1.165, 1.54) is 0 Å². The summed E-state index contributed by atoms with van der Waals surface area (Å²) in [6.45, 7) is 4.52. The van der Waals surface area contributed by atoms with Gasteiger partial charge in [0.05, 0.1) is 0 Å². The van der Waals surface area contributed by atoms with Crippen LogP contribution < -0.4 is 5.32 Å². The maximum atomic E-state index is 13.4. The molecule has 3 aromatic carbocycles. The number of carbonyl (C=O) groups excluding carboxylic acids is 2. The number of nitrogens with zero attached hydrogens (tertiary/aromatic N) is 1. The zero-order chi connectivity index (χ0) is 21.3. The van der Waals surface area contributed by atoms with Crippen LogP contribution in [0.2, 0.25) is 0 Å². The molecule has 0 saturated heterocycles. The summed E-state index contributed by atoms with van der Waals surface area (Å²) >= 11 is 0. The molecule has 154 valence electrons. The lowest BCUT2D eigenvalue weighted by Crippen LogP contribution is -2.44. The second-order valence-corrected chi connectivity index (χ2v) is 7.62. The third kappa shape index (κ3) is 5.57. The highest BCUT2D eigenvalue weighted by molar-refractivity contribution is 5.89. The molecule has 0 unspecified atom stereocenters. The topological polar surface area (TPSA) is 49.4 Å². The zero-order valence-electron chi connectivity index (χ0n) is 17.5. The van der Waals surface area contributed by atoms with Crippen LogP contribution in [0.15, 0.2) is 91.0 Å². The van der Waals surface area contributed by atoms with E-state index in [-0.39, 0.29) is 17.7 Å². The average Bonchev–Trinajstić information content (AvgIpc) is 2.79. The van der Waals surface area contributed by atoms with E-state index in [4.69, 9.17) is 0 Å². The average molecular weight is 401 g/mol. The molecular formula is C26H28N2O2. The van der Waals surface area contributed by atoms with E-state index in [0.717, 1.165) is 16.7 Å². The highest BCUT2D eigenvalue weighted by Gasteiger charge is 2.32. The van der Waals surface area contributed by atoms with E-state index in [2.05, 4.69) is 5.32 Å². The Morgan fingerprint density at radius 1 is 0.767 bits per heavy atom. The SMILES string of the molecule is CC(C)C(=O)N(Cc1ccccc1)[C@H](C(=O)NCc1ccccc1)c1ccccc1. The van der Waals surface area contributed by atoms with Crippen molar-refractivity contribution >= 4 is 11.8 Å². The van der Waals surface area contributed by atoms with Crippen LogP contribution in [0.1, 0.15) is 36.6 Å². The summed E-state index contributed by atoms with van der Waals surface area (Å²) < 4.78 is 0. The molecule has 0 radical (unpaired) electrons. The molecule has 3 aromatic rings. The Bertz CT molecular complexity index is 941. The van der Waals surface area contributed by atoms with Gasteiger partial charge in [-0.1, -0.05) is 105 Å². The molecule has 0 aromatic heterocycles. The van der Waals surface area contributed by atoms with E-state index in [0.29, 0.717) is 13.1 Å². The first kappa shape index (κ1) is 21.3. The summed E-state index contributed by atoms with van der Waals surface area (Å²) in [7, 11) is 0. The first-order valence-corrected chi connectivity index (χ1v) is 10.3. The molecule has 4 heteroatoms. The van der Waals surface area contributed by atoms with E-state index in [9.17, 15) is 9.59 Å². The van der Waals surface area contributed by atoms with Gasteiger partial charge in [0.1, 0.15) is 6.04 Å². The summed E-state index contributed by atoms with van der Waals surface area (Å²) in [5, 5.41) is 3.02. The van der Waals surface area contributed by atoms with Crippen LogP contribution in [0.3, 0.4) is 0 Å². The summed E-state index contributed by atoms with van der Waals surface area (Å²) in [6, 6.07) is 28.4. The van der Waals surface area contributed by atoms with Gasteiger partial charge in [-0.2, -0.15) is 0 Å². The normalized spacial score (nSPS) is 11.7. The van der Waals surface area contributed by atoms with E-state index < -0.39 is 6.04 Å². The van der Waals surface area contributed by atoms with Crippen LogP contribution in [0.5, 0.6) is 0 Å². The van der Waals surface area contributed by atoms with Gasteiger partial charge >= 0.3 is 0 Å². The summed E-state index contributed by atoms with van der Waals surface area (Å²) in [5.41, 5.74) is 2.80. The molecule has 0 saturated carbocycles. The monoisotopic (exact) mass is 400 g/mol. The first-order valence-electron chi connectivity index (χ1n) is 10.3. The third-order valence-corrected chi connectivity index (χ3v) is 4.96. The number of nitrogens with one attached hydrogen (secondary N) is 1. The Hall–Kier alpha value is -3.40. The van der Waals surface area contributed by atoms with Crippen LogP contribution >= 0.6 is 0 Å². The minimum absolute atomic E-state index is 0.0532. The first-order chi connectivity index (χ1) is 14.6. The largest absolute Gasteiger partial charge is 0.350 e. The number of benzene rings is 3. The molecule has 0 aliphatic heterocycles. The number of hydrogen-bond donors (Lipinski definition) is 1. The lowest BCUT2D eigenvalue weighted by atomic mass is 10.0. The number of hydrogen-bond acceptors (Lipinski definition) is 2. The van der Waals surface area contributed by atoms with Gasteiger partial charge in [0.15, 0.2) is 0 Å². The molecule has 1 N–H and O–H groups in total. The zero-order valence-corrected chi connectivity index (χ0v) is 17.5. The minimum atomic E-state index is -0.704. The van der Waals surface area contributed by atoms with Gasteiger partial charge in [-0.3, -0.25) is 9.59 Å². The van der Waals surface area contributed by atoms with Crippen molar-refractivity contribution in [3.8, 4) is 0 Å². The van der Waals surface area contributed by atoms with Crippen molar-refractivity contribution in [2.75, 3.05) is 0 Å². The lowest BCUT2D eigenvalue weighted by Gasteiger charge is -2.33. The van der Waals surface area contributed by atoms with Gasteiger partial charge < -0.3 is 10.2 Å². The van der Waals surface area contributed by atoms with Crippen LogP contribution in [0.4, 0.5) is 0 Å². The third-order valence-electron chi connectivity index (χ3n) is 4.96. The Morgan fingerprint density at radius 3 is 1.80 bits per heavy atom. The molecule has 2 amide bonds. The van der Waals surface area contributed by atoms with Gasteiger partial charge in [-0.05, 0) is 16.7 Å². The summed E-state index contributed by atoms with van der Waals surface area (Å²) in [4.78, 5) is 28.2. The molecule has 0 bridgehead atoms. The van der Waals surface area contributed by atoms with Crippen LogP contribution in [-0.4, -0.2) is 16.7 Å². The van der Waals surface area contributed by atoms with Gasteiger partial charge in [0, 0.05) is 19.0 Å². The summed E-state index contributed by atoms with van der Waals surface area (Å²) in [6.07, 6.45) is 0. The molecule has 30 heavy (non-hydrogen) atoms. The summed E-state index contributed by atoms with van der Waals surface area (Å²) in [5.74, 6) is -0.459. The highest BCUT2D eigenvalue weighted by Crippen LogP contribution is 2.25.